The van der Waals surface area contributed by atoms with Crippen molar-refractivity contribution in [3.63, 3.8) is 0 Å². The van der Waals surface area contributed by atoms with Crippen LogP contribution in [0, 0.1) is 0 Å². The Labute approximate surface area is 105 Å². The average Bonchev–Trinajstić information content (AvgIpc) is 2.39. The molecule has 0 aromatic heterocycles. The summed E-state index contributed by atoms with van der Waals surface area (Å²) in [5.74, 6) is 0. The first-order valence-electron chi connectivity index (χ1n) is 6.85. The summed E-state index contributed by atoms with van der Waals surface area (Å²) < 4.78 is 0. The highest BCUT2D eigenvalue weighted by Crippen LogP contribution is 2.30. The first kappa shape index (κ1) is 12.2. The number of unbranched alkanes of at least 4 members (excludes halogenated alkanes) is 1. The van der Waals surface area contributed by atoms with E-state index in [2.05, 4.69) is 49.4 Å². The van der Waals surface area contributed by atoms with Crippen molar-refractivity contribution in [1.82, 2.24) is 0 Å². The predicted molar refractivity (Wildman–Crippen MR) is 75.9 cm³/mol. The Morgan fingerprint density at radius 3 is 2.41 bits per heavy atom. The van der Waals surface area contributed by atoms with Crippen LogP contribution in [-0.2, 0) is 0 Å². The van der Waals surface area contributed by atoms with Crippen molar-refractivity contribution in [3.05, 3.63) is 53.1 Å². The molecule has 17 heavy (non-hydrogen) atoms. The molecule has 1 aromatic rings. The topological polar surface area (TPSA) is 0 Å². The van der Waals surface area contributed by atoms with Crippen LogP contribution in [-0.4, -0.2) is 0 Å². The lowest BCUT2D eigenvalue weighted by atomic mass is 9.87. The van der Waals surface area contributed by atoms with Gasteiger partial charge in [0.05, 0.1) is 0 Å². The second-order valence-electron chi connectivity index (χ2n) is 4.81. The monoisotopic (exact) mass is 226 g/mol. The molecule has 1 aromatic carbocycles. The molecule has 0 atom stereocenters. The van der Waals surface area contributed by atoms with Gasteiger partial charge in [0.2, 0.25) is 0 Å². The summed E-state index contributed by atoms with van der Waals surface area (Å²) in [6.45, 7) is 2.25. The molecule has 1 aliphatic carbocycles. The molecule has 0 heteroatoms. The van der Waals surface area contributed by atoms with Crippen LogP contribution in [0.15, 0.2) is 47.6 Å². The Hall–Kier alpha value is -1.30. The van der Waals surface area contributed by atoms with Crippen LogP contribution in [0.2, 0.25) is 0 Å². The van der Waals surface area contributed by atoms with Crippen LogP contribution in [0.3, 0.4) is 0 Å². The summed E-state index contributed by atoms with van der Waals surface area (Å²) in [5.41, 5.74) is 4.50. The van der Waals surface area contributed by atoms with E-state index in [4.69, 9.17) is 0 Å². The Morgan fingerprint density at radius 1 is 1.00 bits per heavy atom. The Kier molecular flexibility index (Phi) is 4.61. The number of benzene rings is 1. The van der Waals surface area contributed by atoms with Crippen molar-refractivity contribution >= 4 is 6.08 Å². The molecule has 1 saturated carbocycles. The smallest absolute Gasteiger partial charge is 0.0254 e. The maximum Gasteiger partial charge on any atom is -0.0254 e. The Morgan fingerprint density at radius 2 is 1.71 bits per heavy atom. The van der Waals surface area contributed by atoms with Crippen molar-refractivity contribution in [2.24, 2.45) is 0 Å². The van der Waals surface area contributed by atoms with Gasteiger partial charge in [-0.2, -0.15) is 0 Å². The third-order valence-electron chi connectivity index (χ3n) is 3.37. The molecule has 0 radical (unpaired) electrons. The van der Waals surface area contributed by atoms with E-state index >= 15 is 0 Å². The molecule has 90 valence electrons. The van der Waals surface area contributed by atoms with Gasteiger partial charge in [0.15, 0.2) is 0 Å². The highest BCUT2D eigenvalue weighted by molar-refractivity contribution is 5.58. The summed E-state index contributed by atoms with van der Waals surface area (Å²) >= 11 is 0. The Balaban J connectivity index is 2.19. The van der Waals surface area contributed by atoms with Crippen molar-refractivity contribution < 1.29 is 0 Å². The number of allylic oxidation sites excluding steroid dienone is 3. The lowest BCUT2D eigenvalue weighted by molar-refractivity contribution is 0.678. The first-order chi connectivity index (χ1) is 8.40. The highest BCUT2D eigenvalue weighted by atomic mass is 14.2. The second-order valence-corrected chi connectivity index (χ2v) is 4.81. The fourth-order valence-corrected chi connectivity index (χ4v) is 2.42. The molecule has 0 saturated heterocycles. The van der Waals surface area contributed by atoms with Crippen LogP contribution in [0.5, 0.6) is 0 Å². The van der Waals surface area contributed by atoms with Crippen LogP contribution in [0.25, 0.3) is 6.08 Å². The van der Waals surface area contributed by atoms with Gasteiger partial charge in [-0.25, -0.2) is 0 Å². The van der Waals surface area contributed by atoms with Gasteiger partial charge in [-0.15, -0.1) is 0 Å². The molecule has 0 amide bonds. The summed E-state index contributed by atoms with van der Waals surface area (Å²) in [4.78, 5) is 0. The first-order valence-corrected chi connectivity index (χ1v) is 6.85. The molecule has 0 spiro atoms. The van der Waals surface area contributed by atoms with E-state index in [1.165, 1.54) is 44.1 Å². The summed E-state index contributed by atoms with van der Waals surface area (Å²) in [6.07, 6.45) is 12.5. The molecule has 0 heterocycles. The molecule has 2 rings (SSSR count). The molecular formula is C17H22. The van der Waals surface area contributed by atoms with E-state index in [9.17, 15) is 0 Å². The van der Waals surface area contributed by atoms with Gasteiger partial charge in [0, 0.05) is 0 Å². The van der Waals surface area contributed by atoms with Crippen LogP contribution in [0.4, 0.5) is 0 Å². The quantitative estimate of drug-likeness (QED) is 0.650. The summed E-state index contributed by atoms with van der Waals surface area (Å²) in [7, 11) is 0. The number of rotatable bonds is 3. The van der Waals surface area contributed by atoms with Crippen LogP contribution >= 0.6 is 0 Å². The zero-order chi connectivity index (χ0) is 11.9. The van der Waals surface area contributed by atoms with Crippen molar-refractivity contribution in [2.45, 2.75) is 45.4 Å². The molecular weight excluding hydrogens is 204 g/mol. The standard InChI is InChI=1S/C17H22/c1-2-3-11-16-12-7-8-13-17(16)14-15-9-5-4-6-10-15/h4-6,9-11,14H,2-3,7-8,12-13H2,1H3/b16-11+,17-14+. The zero-order valence-electron chi connectivity index (χ0n) is 10.8. The molecule has 0 N–H and O–H groups in total. The predicted octanol–water partition coefficient (Wildman–Crippen LogP) is 5.37. The van der Waals surface area contributed by atoms with Crippen molar-refractivity contribution in [1.29, 1.82) is 0 Å². The van der Waals surface area contributed by atoms with Gasteiger partial charge in [0.25, 0.3) is 0 Å². The van der Waals surface area contributed by atoms with E-state index in [0.29, 0.717) is 0 Å². The van der Waals surface area contributed by atoms with Gasteiger partial charge in [-0.1, -0.05) is 55.8 Å². The third kappa shape index (κ3) is 3.59. The van der Waals surface area contributed by atoms with Crippen molar-refractivity contribution in [2.75, 3.05) is 0 Å². The largest absolute Gasteiger partial charge is 0.0811 e. The van der Waals surface area contributed by atoms with E-state index in [1.54, 1.807) is 11.1 Å². The molecule has 0 bridgehead atoms. The zero-order valence-corrected chi connectivity index (χ0v) is 10.8. The maximum absolute atomic E-state index is 2.45. The van der Waals surface area contributed by atoms with Gasteiger partial charge < -0.3 is 0 Å². The molecule has 0 nitrogen and oxygen atoms in total. The van der Waals surface area contributed by atoms with Gasteiger partial charge in [-0.3, -0.25) is 0 Å². The van der Waals surface area contributed by atoms with Crippen LogP contribution in [0.1, 0.15) is 51.0 Å². The molecule has 0 aliphatic heterocycles. The highest BCUT2D eigenvalue weighted by Gasteiger charge is 2.10. The maximum atomic E-state index is 2.45. The lowest BCUT2D eigenvalue weighted by Gasteiger charge is -2.18. The summed E-state index contributed by atoms with van der Waals surface area (Å²) in [6, 6.07) is 10.7. The van der Waals surface area contributed by atoms with Gasteiger partial charge >= 0.3 is 0 Å². The van der Waals surface area contributed by atoms with E-state index in [0.717, 1.165) is 0 Å². The van der Waals surface area contributed by atoms with Gasteiger partial charge in [-0.05, 0) is 48.8 Å². The summed E-state index contributed by atoms with van der Waals surface area (Å²) in [5, 5.41) is 0. The fourth-order valence-electron chi connectivity index (χ4n) is 2.42. The van der Waals surface area contributed by atoms with E-state index in [1.807, 2.05) is 0 Å². The average molecular weight is 226 g/mol. The van der Waals surface area contributed by atoms with Gasteiger partial charge in [0.1, 0.15) is 0 Å². The minimum Gasteiger partial charge on any atom is -0.0811 e. The van der Waals surface area contributed by atoms with Crippen molar-refractivity contribution in [3.8, 4) is 0 Å². The minimum atomic E-state index is 1.22. The molecule has 0 unspecified atom stereocenters. The minimum absolute atomic E-state index is 1.22. The number of hydrogen-bond donors (Lipinski definition) is 0. The van der Waals surface area contributed by atoms with E-state index < -0.39 is 0 Å². The third-order valence-corrected chi connectivity index (χ3v) is 3.37. The fraction of sp³-hybridized carbons (Fsp3) is 0.412. The number of hydrogen-bond acceptors (Lipinski definition) is 0. The second kappa shape index (κ2) is 6.44. The molecule has 1 fully saturated rings. The lowest BCUT2D eigenvalue weighted by Crippen LogP contribution is -1.98. The van der Waals surface area contributed by atoms with Crippen LogP contribution < -0.4 is 0 Å². The normalized spacial score (nSPS) is 21.0. The molecule has 1 aliphatic rings. The Bertz CT molecular complexity index is 395. The SMILES string of the molecule is CCC/C=C1\CCCC\C1=C/c1ccccc1. The van der Waals surface area contributed by atoms with E-state index in [-0.39, 0.29) is 0 Å².